The van der Waals surface area contributed by atoms with E-state index in [0.717, 1.165) is 30.5 Å². The molecule has 3 amide bonds. The number of anilines is 1. The van der Waals surface area contributed by atoms with Gasteiger partial charge in [-0.25, -0.2) is 14.0 Å². The van der Waals surface area contributed by atoms with Gasteiger partial charge >= 0.3 is 12.0 Å². The third-order valence-electron chi connectivity index (χ3n) is 6.56. The lowest BCUT2D eigenvalue weighted by atomic mass is 10.0. The fourth-order valence-electron chi connectivity index (χ4n) is 4.57. The van der Waals surface area contributed by atoms with Crippen molar-refractivity contribution in [1.29, 1.82) is 0 Å². The molecule has 3 aromatic carbocycles. The number of nitrogens with zero attached hydrogens (tertiary/aromatic N) is 1. The van der Waals surface area contributed by atoms with E-state index in [9.17, 15) is 23.9 Å². The minimum Gasteiger partial charge on any atom is -0.508 e. The standard InChI is InChI=1S/C29H31FN4O5/c30-22-9-3-20(4-10-22)17-34-15-1-2-24(18-34)31-27(36)26(16-19-5-13-25(35)14-6-19)33-29(39)32-23-11-7-21(8-12-23)28(37)38/h3-14,24,26,35H,1-2,15-18H2,(H,31,36)(H,37,38)(H2,32,33,39)/t24?,26-/m0/s1. The van der Waals surface area contributed by atoms with E-state index in [1.807, 2.05) is 0 Å². The zero-order valence-electron chi connectivity index (χ0n) is 21.3. The predicted molar refractivity (Wildman–Crippen MR) is 144 cm³/mol. The number of rotatable bonds is 9. The number of benzene rings is 3. The van der Waals surface area contributed by atoms with Gasteiger partial charge in [0.15, 0.2) is 0 Å². The van der Waals surface area contributed by atoms with Gasteiger partial charge in [0.05, 0.1) is 5.56 Å². The maximum Gasteiger partial charge on any atom is 0.335 e. The van der Waals surface area contributed by atoms with Gasteiger partial charge in [-0.1, -0.05) is 24.3 Å². The molecule has 3 aromatic rings. The van der Waals surface area contributed by atoms with E-state index < -0.39 is 18.0 Å². The second kappa shape index (κ2) is 12.9. The number of piperidine rings is 1. The Labute approximate surface area is 225 Å². The number of nitrogens with one attached hydrogen (secondary N) is 3. The Kier molecular flexibility index (Phi) is 9.11. The maximum atomic E-state index is 13.4. The minimum absolute atomic E-state index is 0.0893. The molecule has 0 saturated carbocycles. The van der Waals surface area contributed by atoms with Crippen LogP contribution in [0.25, 0.3) is 0 Å². The van der Waals surface area contributed by atoms with Crippen LogP contribution in [0.3, 0.4) is 0 Å². The van der Waals surface area contributed by atoms with E-state index in [-0.39, 0.29) is 35.5 Å². The van der Waals surface area contributed by atoms with Crippen molar-refractivity contribution in [3.8, 4) is 5.75 Å². The van der Waals surface area contributed by atoms with Crippen LogP contribution >= 0.6 is 0 Å². The van der Waals surface area contributed by atoms with E-state index >= 15 is 0 Å². The monoisotopic (exact) mass is 534 g/mol. The number of aromatic carboxylic acids is 1. The normalized spacial score (nSPS) is 16.2. The van der Waals surface area contributed by atoms with E-state index in [0.29, 0.717) is 18.8 Å². The SMILES string of the molecule is O=C(Nc1ccc(C(=O)O)cc1)N[C@@H](Cc1ccc(O)cc1)C(=O)NC1CCCN(Cc2ccc(F)cc2)C1. The molecular formula is C29H31FN4O5. The second-order valence-corrected chi connectivity index (χ2v) is 9.61. The number of hydrogen-bond donors (Lipinski definition) is 5. The number of carbonyl (C=O) groups is 3. The van der Waals surface area contributed by atoms with Crippen LogP contribution in [0.15, 0.2) is 72.8 Å². The molecule has 10 heteroatoms. The zero-order chi connectivity index (χ0) is 27.8. The number of phenolic OH excluding ortho intramolecular Hbond substituents is 1. The predicted octanol–water partition coefficient (Wildman–Crippen LogP) is 3.74. The minimum atomic E-state index is -1.07. The maximum absolute atomic E-state index is 13.4. The number of hydrogen-bond acceptors (Lipinski definition) is 5. The van der Waals surface area contributed by atoms with Crippen molar-refractivity contribution in [3.05, 3.63) is 95.3 Å². The molecular weight excluding hydrogens is 503 g/mol. The molecule has 39 heavy (non-hydrogen) atoms. The highest BCUT2D eigenvalue weighted by molar-refractivity contribution is 5.94. The molecule has 5 N–H and O–H groups in total. The summed E-state index contributed by atoms with van der Waals surface area (Å²) in [5.74, 6) is -1.60. The average molecular weight is 535 g/mol. The summed E-state index contributed by atoms with van der Waals surface area (Å²) >= 11 is 0. The first-order valence-corrected chi connectivity index (χ1v) is 12.7. The third kappa shape index (κ3) is 8.27. The third-order valence-corrected chi connectivity index (χ3v) is 6.56. The lowest BCUT2D eigenvalue weighted by Gasteiger charge is -2.34. The summed E-state index contributed by atoms with van der Waals surface area (Å²) in [6.07, 6.45) is 1.87. The number of likely N-dealkylation sites (tertiary alicyclic amines) is 1. The first kappa shape index (κ1) is 27.6. The summed E-state index contributed by atoms with van der Waals surface area (Å²) in [5.41, 5.74) is 2.21. The highest BCUT2D eigenvalue weighted by Crippen LogP contribution is 2.16. The number of carbonyl (C=O) groups excluding carboxylic acids is 2. The van der Waals surface area contributed by atoms with Crippen LogP contribution in [-0.4, -0.2) is 58.2 Å². The molecule has 9 nitrogen and oxygen atoms in total. The van der Waals surface area contributed by atoms with Gasteiger partial charge in [0.1, 0.15) is 17.6 Å². The Morgan fingerprint density at radius 3 is 2.28 bits per heavy atom. The van der Waals surface area contributed by atoms with Crippen molar-refractivity contribution in [2.45, 2.75) is 37.9 Å². The summed E-state index contributed by atoms with van der Waals surface area (Å²) < 4.78 is 13.3. The molecule has 1 fully saturated rings. The lowest BCUT2D eigenvalue weighted by molar-refractivity contribution is -0.124. The van der Waals surface area contributed by atoms with Crippen molar-refractivity contribution < 1.29 is 29.0 Å². The Morgan fingerprint density at radius 1 is 0.949 bits per heavy atom. The Bertz CT molecular complexity index is 1280. The van der Waals surface area contributed by atoms with Gasteiger partial charge in [-0.2, -0.15) is 0 Å². The molecule has 1 aliphatic rings. The molecule has 1 unspecified atom stereocenters. The fourth-order valence-corrected chi connectivity index (χ4v) is 4.57. The molecule has 1 heterocycles. The fraction of sp³-hybridized carbons (Fsp3) is 0.276. The number of halogens is 1. The largest absolute Gasteiger partial charge is 0.508 e. The molecule has 204 valence electrons. The summed E-state index contributed by atoms with van der Waals surface area (Å²) in [4.78, 5) is 39.4. The first-order valence-electron chi connectivity index (χ1n) is 12.7. The quantitative estimate of drug-likeness (QED) is 0.284. The van der Waals surface area contributed by atoms with Crippen molar-refractivity contribution in [2.75, 3.05) is 18.4 Å². The molecule has 0 spiro atoms. The molecule has 0 bridgehead atoms. The van der Waals surface area contributed by atoms with Gasteiger partial charge in [0.2, 0.25) is 5.91 Å². The molecule has 4 rings (SSSR count). The van der Waals surface area contributed by atoms with Crippen molar-refractivity contribution >= 4 is 23.6 Å². The Morgan fingerprint density at radius 2 is 1.62 bits per heavy atom. The van der Waals surface area contributed by atoms with Crippen LogP contribution in [0.5, 0.6) is 5.75 Å². The van der Waals surface area contributed by atoms with Crippen LogP contribution in [0, 0.1) is 5.82 Å². The molecule has 1 aliphatic heterocycles. The van der Waals surface area contributed by atoms with Crippen LogP contribution in [0.1, 0.15) is 34.3 Å². The topological polar surface area (TPSA) is 131 Å². The molecule has 0 radical (unpaired) electrons. The molecule has 0 aromatic heterocycles. The number of aromatic hydroxyl groups is 1. The van der Waals surface area contributed by atoms with Crippen LogP contribution < -0.4 is 16.0 Å². The molecule has 2 atom stereocenters. The molecule has 0 aliphatic carbocycles. The van der Waals surface area contributed by atoms with Crippen LogP contribution in [0.2, 0.25) is 0 Å². The van der Waals surface area contributed by atoms with Gasteiger partial charge < -0.3 is 26.2 Å². The highest BCUT2D eigenvalue weighted by atomic mass is 19.1. The van der Waals surface area contributed by atoms with Crippen LogP contribution in [-0.2, 0) is 17.8 Å². The summed E-state index contributed by atoms with van der Waals surface area (Å²) in [6.45, 7) is 2.13. The van der Waals surface area contributed by atoms with Gasteiger partial charge in [0.25, 0.3) is 0 Å². The number of urea groups is 1. The summed E-state index contributed by atoms with van der Waals surface area (Å²) in [7, 11) is 0. The first-order chi connectivity index (χ1) is 18.7. The Hall–Kier alpha value is -4.44. The smallest absolute Gasteiger partial charge is 0.335 e. The number of carboxylic acids is 1. The molecule has 1 saturated heterocycles. The second-order valence-electron chi connectivity index (χ2n) is 9.61. The highest BCUT2D eigenvalue weighted by Gasteiger charge is 2.27. The van der Waals surface area contributed by atoms with Gasteiger partial charge in [-0.05, 0) is 79.0 Å². The van der Waals surface area contributed by atoms with Crippen LogP contribution in [0.4, 0.5) is 14.9 Å². The summed E-state index contributed by atoms with van der Waals surface area (Å²) in [6, 6.07) is 16.8. The number of carboxylic acid groups (broad SMARTS) is 1. The number of amides is 3. The van der Waals surface area contributed by atoms with E-state index in [2.05, 4.69) is 20.9 Å². The van der Waals surface area contributed by atoms with Crippen molar-refractivity contribution in [3.63, 3.8) is 0 Å². The van der Waals surface area contributed by atoms with Gasteiger partial charge in [-0.15, -0.1) is 0 Å². The van der Waals surface area contributed by atoms with Gasteiger partial charge in [0, 0.05) is 31.2 Å². The van der Waals surface area contributed by atoms with E-state index in [1.54, 1.807) is 24.3 Å². The van der Waals surface area contributed by atoms with E-state index in [4.69, 9.17) is 5.11 Å². The zero-order valence-corrected chi connectivity index (χ0v) is 21.3. The lowest BCUT2D eigenvalue weighted by Crippen LogP contribution is -2.54. The van der Waals surface area contributed by atoms with Crippen molar-refractivity contribution in [1.82, 2.24) is 15.5 Å². The van der Waals surface area contributed by atoms with E-state index in [1.165, 1.54) is 48.5 Å². The average Bonchev–Trinajstić information content (AvgIpc) is 2.91. The Balaban J connectivity index is 1.40. The summed E-state index contributed by atoms with van der Waals surface area (Å²) in [5, 5.41) is 27.1. The number of phenols is 1. The van der Waals surface area contributed by atoms with Crippen molar-refractivity contribution in [2.24, 2.45) is 0 Å². The van der Waals surface area contributed by atoms with Gasteiger partial charge in [-0.3, -0.25) is 9.69 Å².